The highest BCUT2D eigenvalue weighted by molar-refractivity contribution is 7.99. The van der Waals surface area contributed by atoms with Crippen molar-refractivity contribution in [1.29, 1.82) is 0 Å². The van der Waals surface area contributed by atoms with Crippen LogP contribution in [0.4, 0.5) is 5.69 Å². The first-order valence-corrected chi connectivity index (χ1v) is 13.2. The molecule has 0 unspecified atom stereocenters. The zero-order valence-corrected chi connectivity index (χ0v) is 22.7. The van der Waals surface area contributed by atoms with E-state index in [-0.39, 0.29) is 24.1 Å². The fourth-order valence-electron chi connectivity index (χ4n) is 3.63. The second-order valence-electron chi connectivity index (χ2n) is 8.14. The predicted molar refractivity (Wildman–Crippen MR) is 149 cm³/mol. The average Bonchev–Trinajstić information content (AvgIpc) is 3.38. The molecule has 2 N–H and O–H groups in total. The number of nitrogens with zero attached hydrogens (tertiary/aromatic N) is 3. The van der Waals surface area contributed by atoms with Crippen molar-refractivity contribution >= 4 is 29.3 Å². The molecule has 0 spiro atoms. The van der Waals surface area contributed by atoms with Gasteiger partial charge in [-0.3, -0.25) is 14.2 Å². The Labute approximate surface area is 230 Å². The Balaban J connectivity index is 1.49. The first-order chi connectivity index (χ1) is 19.0. The summed E-state index contributed by atoms with van der Waals surface area (Å²) < 4.78 is 17.7. The normalized spacial score (nSPS) is 10.5. The highest BCUT2D eigenvalue weighted by atomic mass is 32.2. The summed E-state index contributed by atoms with van der Waals surface area (Å²) in [6, 6.07) is 21.4. The minimum absolute atomic E-state index is 0.111. The maximum atomic E-state index is 12.7. The molecule has 11 heteroatoms. The molecular weight excluding hydrogens is 518 g/mol. The molecule has 4 aromatic rings. The van der Waals surface area contributed by atoms with Crippen molar-refractivity contribution in [1.82, 2.24) is 20.1 Å². The Bertz CT molecular complexity index is 1390. The SMILES string of the molecule is CCOc1ccc(-n2c(CNC(=O)c3ccc(OC)cc3)nnc2SCC(=O)Nc2ccc(OC)cc2)cc1. The Kier molecular flexibility index (Phi) is 9.41. The van der Waals surface area contributed by atoms with Gasteiger partial charge in [-0.25, -0.2) is 0 Å². The van der Waals surface area contributed by atoms with Gasteiger partial charge < -0.3 is 24.8 Å². The molecule has 1 aromatic heterocycles. The highest BCUT2D eigenvalue weighted by Crippen LogP contribution is 2.25. The van der Waals surface area contributed by atoms with Crippen molar-refractivity contribution in [2.45, 2.75) is 18.6 Å². The Morgan fingerprint density at radius 1 is 0.846 bits per heavy atom. The van der Waals surface area contributed by atoms with E-state index in [0.717, 1.165) is 11.4 Å². The lowest BCUT2D eigenvalue weighted by molar-refractivity contribution is -0.113. The molecule has 0 saturated heterocycles. The van der Waals surface area contributed by atoms with Gasteiger partial charge in [0.2, 0.25) is 5.91 Å². The second-order valence-corrected chi connectivity index (χ2v) is 9.08. The van der Waals surface area contributed by atoms with Gasteiger partial charge in [-0.05, 0) is 79.7 Å². The maximum absolute atomic E-state index is 12.7. The van der Waals surface area contributed by atoms with E-state index in [1.807, 2.05) is 35.8 Å². The number of ether oxygens (including phenoxy) is 3. The summed E-state index contributed by atoms with van der Waals surface area (Å²) in [6.07, 6.45) is 0. The molecule has 1 heterocycles. The third kappa shape index (κ3) is 7.29. The molecule has 0 aliphatic carbocycles. The molecule has 0 atom stereocenters. The molecule has 2 amide bonds. The average molecular weight is 548 g/mol. The van der Waals surface area contributed by atoms with E-state index in [1.165, 1.54) is 11.8 Å². The van der Waals surface area contributed by atoms with Crippen molar-refractivity contribution in [3.63, 3.8) is 0 Å². The molecule has 202 valence electrons. The molecule has 0 saturated carbocycles. The number of nitrogens with one attached hydrogen (secondary N) is 2. The molecule has 39 heavy (non-hydrogen) atoms. The molecular formula is C28H29N5O5S. The number of benzene rings is 3. The number of carbonyl (C=O) groups excluding carboxylic acids is 2. The van der Waals surface area contributed by atoms with Crippen LogP contribution in [0.5, 0.6) is 17.2 Å². The smallest absolute Gasteiger partial charge is 0.251 e. The Morgan fingerprint density at radius 2 is 1.46 bits per heavy atom. The minimum atomic E-state index is -0.257. The number of rotatable bonds is 12. The lowest BCUT2D eigenvalue weighted by Crippen LogP contribution is -2.24. The molecule has 4 rings (SSSR count). The fourth-order valence-corrected chi connectivity index (χ4v) is 4.40. The van der Waals surface area contributed by atoms with Crippen LogP contribution in [0, 0.1) is 0 Å². The van der Waals surface area contributed by atoms with Crippen LogP contribution in [0.25, 0.3) is 5.69 Å². The van der Waals surface area contributed by atoms with Crippen molar-refractivity contribution in [3.05, 3.63) is 84.2 Å². The second kappa shape index (κ2) is 13.3. The topological polar surface area (TPSA) is 117 Å². The van der Waals surface area contributed by atoms with E-state index in [4.69, 9.17) is 14.2 Å². The van der Waals surface area contributed by atoms with Gasteiger partial charge >= 0.3 is 0 Å². The lowest BCUT2D eigenvalue weighted by atomic mass is 10.2. The minimum Gasteiger partial charge on any atom is -0.497 e. The number of thioether (sulfide) groups is 1. The summed E-state index contributed by atoms with van der Waals surface area (Å²) in [4.78, 5) is 25.4. The number of hydrogen-bond donors (Lipinski definition) is 2. The molecule has 0 aliphatic rings. The van der Waals surface area contributed by atoms with Crippen molar-refractivity contribution in [2.24, 2.45) is 0 Å². The summed E-state index contributed by atoms with van der Waals surface area (Å²) in [5.41, 5.74) is 1.93. The van der Waals surface area contributed by atoms with E-state index < -0.39 is 0 Å². The first kappa shape index (κ1) is 27.5. The highest BCUT2D eigenvalue weighted by Gasteiger charge is 2.17. The maximum Gasteiger partial charge on any atom is 0.251 e. The van der Waals surface area contributed by atoms with E-state index >= 15 is 0 Å². The van der Waals surface area contributed by atoms with E-state index in [0.29, 0.717) is 40.3 Å². The number of hydrogen-bond acceptors (Lipinski definition) is 8. The van der Waals surface area contributed by atoms with Crippen LogP contribution in [0.1, 0.15) is 23.1 Å². The van der Waals surface area contributed by atoms with Crippen LogP contribution in [0.3, 0.4) is 0 Å². The summed E-state index contributed by atoms with van der Waals surface area (Å²) in [7, 11) is 3.16. The first-order valence-electron chi connectivity index (χ1n) is 12.2. The van der Waals surface area contributed by atoms with Crippen LogP contribution in [-0.4, -0.2) is 53.2 Å². The zero-order valence-electron chi connectivity index (χ0n) is 21.8. The van der Waals surface area contributed by atoms with Crippen LogP contribution in [0.15, 0.2) is 78.0 Å². The number of amides is 2. The monoisotopic (exact) mass is 547 g/mol. The quantitative estimate of drug-likeness (QED) is 0.252. The van der Waals surface area contributed by atoms with Crippen molar-refractivity contribution in [2.75, 3.05) is 31.9 Å². The summed E-state index contributed by atoms with van der Waals surface area (Å²) in [6.45, 7) is 2.60. The molecule has 0 aliphatic heterocycles. The molecule has 10 nitrogen and oxygen atoms in total. The lowest BCUT2D eigenvalue weighted by Gasteiger charge is -2.12. The summed E-state index contributed by atoms with van der Waals surface area (Å²) >= 11 is 1.24. The van der Waals surface area contributed by atoms with E-state index in [9.17, 15) is 9.59 Å². The Hall–Kier alpha value is -4.51. The fraction of sp³-hybridized carbons (Fsp3) is 0.214. The van der Waals surface area contributed by atoms with Gasteiger partial charge in [0, 0.05) is 16.9 Å². The van der Waals surface area contributed by atoms with Crippen LogP contribution >= 0.6 is 11.8 Å². The Morgan fingerprint density at radius 3 is 2.08 bits per heavy atom. The summed E-state index contributed by atoms with van der Waals surface area (Å²) in [5.74, 6) is 2.28. The van der Waals surface area contributed by atoms with Gasteiger partial charge in [0.25, 0.3) is 5.91 Å². The third-order valence-corrected chi connectivity index (χ3v) is 6.50. The molecule has 0 radical (unpaired) electrons. The largest absolute Gasteiger partial charge is 0.497 e. The van der Waals surface area contributed by atoms with Crippen molar-refractivity contribution in [3.8, 4) is 22.9 Å². The van der Waals surface area contributed by atoms with E-state index in [1.54, 1.807) is 62.8 Å². The number of carbonyl (C=O) groups is 2. The molecule has 0 fully saturated rings. The molecule has 3 aromatic carbocycles. The van der Waals surface area contributed by atoms with Gasteiger partial charge in [0.05, 0.1) is 33.1 Å². The van der Waals surface area contributed by atoms with Gasteiger partial charge in [-0.15, -0.1) is 10.2 Å². The van der Waals surface area contributed by atoms with Gasteiger partial charge in [0.1, 0.15) is 17.2 Å². The van der Waals surface area contributed by atoms with E-state index in [2.05, 4.69) is 20.8 Å². The number of anilines is 1. The van der Waals surface area contributed by atoms with Gasteiger partial charge in [0.15, 0.2) is 11.0 Å². The third-order valence-electron chi connectivity index (χ3n) is 5.57. The van der Waals surface area contributed by atoms with Gasteiger partial charge in [-0.1, -0.05) is 11.8 Å². The zero-order chi connectivity index (χ0) is 27.6. The van der Waals surface area contributed by atoms with Crippen LogP contribution < -0.4 is 24.8 Å². The van der Waals surface area contributed by atoms with Crippen molar-refractivity contribution < 1.29 is 23.8 Å². The number of methoxy groups -OCH3 is 2. The van der Waals surface area contributed by atoms with Crippen LogP contribution in [-0.2, 0) is 11.3 Å². The molecule has 0 bridgehead atoms. The standard InChI is InChI=1S/C28H29N5O5S/c1-4-38-24-15-9-21(10-16-24)33-25(17-29-27(35)19-5-11-22(36-2)12-6-19)31-32-28(33)39-18-26(34)30-20-7-13-23(37-3)14-8-20/h5-16H,4,17-18H2,1-3H3,(H,29,35)(H,30,34). The number of aromatic nitrogens is 3. The van der Waals surface area contributed by atoms with Crippen LogP contribution in [0.2, 0.25) is 0 Å². The summed E-state index contributed by atoms with van der Waals surface area (Å²) in [5, 5.41) is 14.9. The predicted octanol–water partition coefficient (Wildman–Crippen LogP) is 4.34. The van der Waals surface area contributed by atoms with Gasteiger partial charge in [-0.2, -0.15) is 0 Å².